The monoisotopic (exact) mass is 368 g/mol. The number of carbonyl (C=O) groups excluding carboxylic acids is 2. The van der Waals surface area contributed by atoms with Crippen LogP contribution in [0.4, 0.5) is 11.6 Å². The lowest BCUT2D eigenvalue weighted by atomic mass is 9.96. The summed E-state index contributed by atoms with van der Waals surface area (Å²) < 4.78 is 4.67. The molecular weight excluding hydrogens is 344 g/mol. The minimum Gasteiger partial charge on any atom is -0.465 e. The highest BCUT2D eigenvalue weighted by molar-refractivity contribution is 5.94. The summed E-state index contributed by atoms with van der Waals surface area (Å²) in [6.45, 7) is 5.43. The summed E-state index contributed by atoms with van der Waals surface area (Å²) >= 11 is 0. The molecule has 2 heterocycles. The average Bonchev–Trinajstić information content (AvgIpc) is 2.67. The lowest BCUT2D eigenvalue weighted by molar-refractivity contribution is -0.120. The second-order valence-electron chi connectivity index (χ2n) is 6.77. The number of amides is 1. The van der Waals surface area contributed by atoms with Crippen molar-refractivity contribution >= 4 is 23.5 Å². The van der Waals surface area contributed by atoms with E-state index >= 15 is 0 Å². The molecule has 142 valence electrons. The molecule has 1 aliphatic heterocycles. The van der Waals surface area contributed by atoms with E-state index in [1.807, 2.05) is 19.9 Å². The molecule has 1 N–H and O–H groups in total. The SMILES string of the molecule is COC(=O)c1ccc(NC(=O)C2CCN(c3nc(C)cc(C)n3)CC2)cc1. The van der Waals surface area contributed by atoms with Crippen molar-refractivity contribution in [1.29, 1.82) is 0 Å². The van der Waals surface area contributed by atoms with E-state index in [4.69, 9.17) is 0 Å². The number of anilines is 2. The second-order valence-corrected chi connectivity index (χ2v) is 6.77. The Labute approximate surface area is 158 Å². The summed E-state index contributed by atoms with van der Waals surface area (Å²) in [6, 6.07) is 8.66. The Kier molecular flexibility index (Phi) is 5.69. The molecule has 1 aromatic carbocycles. The van der Waals surface area contributed by atoms with E-state index in [2.05, 4.69) is 24.9 Å². The van der Waals surface area contributed by atoms with Crippen LogP contribution in [0.5, 0.6) is 0 Å². The summed E-state index contributed by atoms with van der Waals surface area (Å²) in [5.74, 6) is 0.299. The third-order valence-electron chi connectivity index (χ3n) is 4.69. The molecule has 0 atom stereocenters. The molecule has 3 rings (SSSR count). The summed E-state index contributed by atoms with van der Waals surface area (Å²) in [5, 5.41) is 2.93. The molecule has 1 amide bonds. The van der Waals surface area contributed by atoms with Gasteiger partial charge in [-0.15, -0.1) is 0 Å². The first-order valence-electron chi connectivity index (χ1n) is 9.02. The highest BCUT2D eigenvalue weighted by atomic mass is 16.5. The molecule has 0 saturated carbocycles. The molecule has 7 nitrogen and oxygen atoms in total. The third-order valence-corrected chi connectivity index (χ3v) is 4.69. The van der Waals surface area contributed by atoms with Crippen molar-refractivity contribution in [3.63, 3.8) is 0 Å². The Hall–Kier alpha value is -2.96. The van der Waals surface area contributed by atoms with E-state index in [0.717, 1.165) is 43.3 Å². The fraction of sp³-hybridized carbons (Fsp3) is 0.400. The fourth-order valence-corrected chi connectivity index (χ4v) is 3.24. The molecule has 0 bridgehead atoms. The van der Waals surface area contributed by atoms with Gasteiger partial charge in [-0.3, -0.25) is 4.79 Å². The van der Waals surface area contributed by atoms with Gasteiger partial charge in [0.2, 0.25) is 11.9 Å². The number of benzene rings is 1. The Morgan fingerprint density at radius 1 is 1.07 bits per heavy atom. The van der Waals surface area contributed by atoms with Gasteiger partial charge in [0.15, 0.2) is 0 Å². The molecule has 1 fully saturated rings. The molecule has 7 heteroatoms. The van der Waals surface area contributed by atoms with Crippen molar-refractivity contribution in [2.24, 2.45) is 5.92 Å². The number of esters is 1. The zero-order valence-corrected chi connectivity index (χ0v) is 15.9. The number of aromatic nitrogens is 2. The largest absolute Gasteiger partial charge is 0.465 e. The van der Waals surface area contributed by atoms with E-state index in [-0.39, 0.29) is 11.8 Å². The van der Waals surface area contributed by atoms with Gasteiger partial charge in [0.05, 0.1) is 12.7 Å². The quantitative estimate of drug-likeness (QED) is 0.836. The molecule has 1 aliphatic rings. The van der Waals surface area contributed by atoms with Crippen LogP contribution in [0.2, 0.25) is 0 Å². The van der Waals surface area contributed by atoms with E-state index in [1.165, 1.54) is 7.11 Å². The molecular formula is C20H24N4O3. The number of nitrogens with one attached hydrogen (secondary N) is 1. The molecule has 0 unspecified atom stereocenters. The van der Waals surface area contributed by atoms with Gasteiger partial charge in [0, 0.05) is 36.1 Å². The summed E-state index contributed by atoms with van der Waals surface area (Å²) in [4.78, 5) is 35.1. The first-order valence-corrected chi connectivity index (χ1v) is 9.02. The number of methoxy groups -OCH3 is 1. The van der Waals surface area contributed by atoms with Crippen LogP contribution < -0.4 is 10.2 Å². The molecule has 0 aliphatic carbocycles. The predicted molar refractivity (Wildman–Crippen MR) is 103 cm³/mol. The van der Waals surface area contributed by atoms with Gasteiger partial charge in [-0.05, 0) is 57.0 Å². The molecule has 1 saturated heterocycles. The van der Waals surface area contributed by atoms with Crippen molar-refractivity contribution in [3.05, 3.63) is 47.3 Å². The zero-order chi connectivity index (χ0) is 19.4. The summed E-state index contributed by atoms with van der Waals surface area (Å²) in [6.07, 6.45) is 1.50. The standard InChI is InChI=1S/C20H24N4O3/c1-13-12-14(2)22-20(21-13)24-10-8-15(9-11-24)18(25)23-17-6-4-16(5-7-17)19(26)27-3/h4-7,12,15H,8-11H2,1-3H3,(H,23,25). The molecule has 2 aromatic rings. The number of rotatable bonds is 4. The number of hydrogen-bond acceptors (Lipinski definition) is 6. The number of piperidine rings is 1. The van der Waals surface area contributed by atoms with Crippen LogP contribution in [0.15, 0.2) is 30.3 Å². The third kappa shape index (κ3) is 4.61. The van der Waals surface area contributed by atoms with Crippen molar-refractivity contribution in [1.82, 2.24) is 9.97 Å². The van der Waals surface area contributed by atoms with E-state index < -0.39 is 5.97 Å². The van der Waals surface area contributed by atoms with Crippen molar-refractivity contribution in [2.75, 3.05) is 30.4 Å². The maximum Gasteiger partial charge on any atom is 0.337 e. The Morgan fingerprint density at radius 3 is 2.22 bits per heavy atom. The fourth-order valence-electron chi connectivity index (χ4n) is 3.24. The Morgan fingerprint density at radius 2 is 1.67 bits per heavy atom. The van der Waals surface area contributed by atoms with E-state index in [0.29, 0.717) is 11.3 Å². The van der Waals surface area contributed by atoms with Gasteiger partial charge in [0.1, 0.15) is 0 Å². The minimum absolute atomic E-state index is 0.00168. The lowest BCUT2D eigenvalue weighted by Gasteiger charge is -2.31. The van der Waals surface area contributed by atoms with E-state index in [9.17, 15) is 9.59 Å². The van der Waals surface area contributed by atoms with Gasteiger partial charge in [-0.2, -0.15) is 0 Å². The number of ether oxygens (including phenoxy) is 1. The number of nitrogens with zero attached hydrogens (tertiary/aromatic N) is 3. The first kappa shape index (κ1) is 18.8. The predicted octanol–water partition coefficient (Wildman–Crippen LogP) is 2.74. The van der Waals surface area contributed by atoms with Crippen LogP contribution >= 0.6 is 0 Å². The van der Waals surface area contributed by atoms with Crippen LogP contribution in [0.25, 0.3) is 0 Å². The topological polar surface area (TPSA) is 84.4 Å². The Bertz CT molecular complexity index is 807. The van der Waals surface area contributed by atoms with Crippen molar-refractivity contribution in [3.8, 4) is 0 Å². The van der Waals surface area contributed by atoms with Crippen LogP contribution in [-0.4, -0.2) is 42.0 Å². The van der Waals surface area contributed by atoms with Gasteiger partial charge in [-0.25, -0.2) is 14.8 Å². The number of carbonyl (C=O) groups is 2. The smallest absolute Gasteiger partial charge is 0.337 e. The maximum absolute atomic E-state index is 12.5. The van der Waals surface area contributed by atoms with Gasteiger partial charge < -0.3 is 15.0 Å². The molecule has 0 radical (unpaired) electrons. The minimum atomic E-state index is -0.395. The van der Waals surface area contributed by atoms with Crippen LogP contribution in [0, 0.1) is 19.8 Å². The lowest BCUT2D eigenvalue weighted by Crippen LogP contribution is -2.39. The van der Waals surface area contributed by atoms with Crippen LogP contribution in [0.1, 0.15) is 34.6 Å². The highest BCUT2D eigenvalue weighted by Crippen LogP contribution is 2.23. The first-order chi connectivity index (χ1) is 13.0. The van der Waals surface area contributed by atoms with E-state index in [1.54, 1.807) is 24.3 Å². The van der Waals surface area contributed by atoms with Gasteiger partial charge in [-0.1, -0.05) is 0 Å². The Balaban J connectivity index is 1.56. The van der Waals surface area contributed by atoms with Crippen molar-refractivity contribution < 1.29 is 14.3 Å². The van der Waals surface area contributed by atoms with Gasteiger partial charge in [0.25, 0.3) is 0 Å². The zero-order valence-electron chi connectivity index (χ0n) is 15.9. The molecule has 0 spiro atoms. The normalized spacial score (nSPS) is 14.7. The molecule has 27 heavy (non-hydrogen) atoms. The van der Waals surface area contributed by atoms with Crippen LogP contribution in [0.3, 0.4) is 0 Å². The number of aryl methyl sites for hydroxylation is 2. The van der Waals surface area contributed by atoms with Crippen LogP contribution in [-0.2, 0) is 9.53 Å². The second kappa shape index (κ2) is 8.16. The summed E-state index contributed by atoms with van der Waals surface area (Å²) in [5.41, 5.74) is 3.03. The molecule has 1 aromatic heterocycles. The number of hydrogen-bond donors (Lipinski definition) is 1. The van der Waals surface area contributed by atoms with Gasteiger partial charge >= 0.3 is 5.97 Å². The maximum atomic E-state index is 12.5. The highest BCUT2D eigenvalue weighted by Gasteiger charge is 2.26. The summed E-state index contributed by atoms with van der Waals surface area (Å²) in [7, 11) is 1.34. The average molecular weight is 368 g/mol. The van der Waals surface area contributed by atoms with Crippen molar-refractivity contribution in [2.45, 2.75) is 26.7 Å².